The van der Waals surface area contributed by atoms with Gasteiger partial charge in [-0.2, -0.15) is 0 Å². The summed E-state index contributed by atoms with van der Waals surface area (Å²) in [6.45, 7) is 7.11. The predicted octanol–water partition coefficient (Wildman–Crippen LogP) is 1.62. The molecule has 1 heterocycles. The molecular weight excluding hydrogens is 188 g/mol. The molecule has 0 aromatic carbocycles. The first-order valence-corrected chi connectivity index (χ1v) is 6.13. The Labute approximate surface area is 93.0 Å². The van der Waals surface area contributed by atoms with E-state index in [1.54, 1.807) is 0 Å². The van der Waals surface area contributed by atoms with Gasteiger partial charge < -0.3 is 10.6 Å². The molecule has 1 aliphatic rings. The fourth-order valence-electron chi connectivity index (χ4n) is 2.09. The lowest BCUT2D eigenvalue weighted by atomic mass is 10.0. The van der Waals surface area contributed by atoms with Crippen LogP contribution in [0.25, 0.3) is 0 Å². The van der Waals surface area contributed by atoms with Gasteiger partial charge in [0, 0.05) is 19.5 Å². The van der Waals surface area contributed by atoms with Gasteiger partial charge in [0.05, 0.1) is 0 Å². The fraction of sp³-hybridized carbons (Fsp3) is 0.917. The minimum Gasteiger partial charge on any atom is -0.342 e. The molecule has 1 aliphatic heterocycles. The van der Waals surface area contributed by atoms with E-state index < -0.39 is 0 Å². The largest absolute Gasteiger partial charge is 0.342 e. The van der Waals surface area contributed by atoms with E-state index in [1.165, 1.54) is 0 Å². The van der Waals surface area contributed by atoms with Crippen molar-refractivity contribution in [2.45, 2.75) is 39.5 Å². The van der Waals surface area contributed by atoms with Crippen molar-refractivity contribution in [3.8, 4) is 0 Å². The summed E-state index contributed by atoms with van der Waals surface area (Å²) in [7, 11) is 0. The van der Waals surface area contributed by atoms with Gasteiger partial charge in [-0.15, -0.1) is 0 Å². The number of carbonyl (C=O) groups is 1. The van der Waals surface area contributed by atoms with Crippen molar-refractivity contribution >= 4 is 5.91 Å². The second-order valence-corrected chi connectivity index (χ2v) is 4.85. The summed E-state index contributed by atoms with van der Waals surface area (Å²) in [5, 5.41) is 0. The van der Waals surface area contributed by atoms with Gasteiger partial charge in [-0.1, -0.05) is 20.3 Å². The lowest BCUT2D eigenvalue weighted by Gasteiger charge is -2.15. The minimum absolute atomic E-state index is 0.336. The highest BCUT2D eigenvalue weighted by Gasteiger charge is 2.28. The number of carbonyl (C=O) groups excluding carboxylic acids is 1. The molecule has 0 aromatic rings. The summed E-state index contributed by atoms with van der Waals surface area (Å²) in [5.41, 5.74) is 5.41. The average Bonchev–Trinajstić information content (AvgIpc) is 2.54. The van der Waals surface area contributed by atoms with Gasteiger partial charge in [-0.05, 0) is 31.2 Å². The van der Waals surface area contributed by atoms with Crippen LogP contribution in [-0.2, 0) is 4.79 Å². The third kappa shape index (κ3) is 3.82. The number of hydrogen-bond donors (Lipinski definition) is 1. The SMILES string of the molecule is CC1CN(C(=O)CCCCCN)CC1C. The lowest BCUT2D eigenvalue weighted by molar-refractivity contribution is -0.130. The van der Waals surface area contributed by atoms with E-state index >= 15 is 0 Å². The number of nitrogens with two attached hydrogens (primary N) is 1. The number of rotatable bonds is 5. The Morgan fingerprint density at radius 3 is 2.33 bits per heavy atom. The van der Waals surface area contributed by atoms with Gasteiger partial charge in [0.1, 0.15) is 0 Å². The molecule has 0 saturated carbocycles. The van der Waals surface area contributed by atoms with E-state index in [0.29, 0.717) is 24.2 Å². The monoisotopic (exact) mass is 212 g/mol. The van der Waals surface area contributed by atoms with Gasteiger partial charge in [0.25, 0.3) is 0 Å². The van der Waals surface area contributed by atoms with Crippen LogP contribution in [0.2, 0.25) is 0 Å². The van der Waals surface area contributed by atoms with Gasteiger partial charge in [0.2, 0.25) is 5.91 Å². The predicted molar refractivity (Wildman–Crippen MR) is 62.4 cm³/mol. The molecule has 2 N–H and O–H groups in total. The Balaban J connectivity index is 2.18. The number of unbranched alkanes of at least 4 members (excludes halogenated alkanes) is 2. The molecular formula is C12H24N2O. The topological polar surface area (TPSA) is 46.3 Å². The van der Waals surface area contributed by atoms with Crippen LogP contribution in [-0.4, -0.2) is 30.4 Å². The van der Waals surface area contributed by atoms with Gasteiger partial charge in [-0.25, -0.2) is 0 Å². The van der Waals surface area contributed by atoms with E-state index in [9.17, 15) is 4.79 Å². The highest BCUT2D eigenvalue weighted by molar-refractivity contribution is 5.76. The Kier molecular flexibility index (Phi) is 5.09. The van der Waals surface area contributed by atoms with Crippen molar-refractivity contribution in [3.05, 3.63) is 0 Å². The third-order valence-electron chi connectivity index (χ3n) is 3.44. The van der Waals surface area contributed by atoms with Gasteiger partial charge in [0.15, 0.2) is 0 Å². The molecule has 0 aliphatic carbocycles. The molecule has 0 spiro atoms. The van der Waals surface area contributed by atoms with Crippen molar-refractivity contribution < 1.29 is 4.79 Å². The number of amides is 1. The lowest BCUT2D eigenvalue weighted by Crippen LogP contribution is -2.28. The highest BCUT2D eigenvalue weighted by Crippen LogP contribution is 2.22. The Bertz CT molecular complexity index is 196. The maximum Gasteiger partial charge on any atom is 0.222 e. The quantitative estimate of drug-likeness (QED) is 0.704. The Hall–Kier alpha value is -0.570. The van der Waals surface area contributed by atoms with Crippen molar-refractivity contribution in [2.75, 3.05) is 19.6 Å². The van der Waals surface area contributed by atoms with Crippen LogP contribution in [0.15, 0.2) is 0 Å². The second kappa shape index (κ2) is 6.11. The van der Waals surface area contributed by atoms with Gasteiger partial charge in [-0.3, -0.25) is 4.79 Å². The molecule has 0 aromatic heterocycles. The number of hydrogen-bond acceptors (Lipinski definition) is 2. The average molecular weight is 212 g/mol. The van der Waals surface area contributed by atoms with Crippen molar-refractivity contribution in [1.82, 2.24) is 4.90 Å². The van der Waals surface area contributed by atoms with Crippen LogP contribution >= 0.6 is 0 Å². The number of likely N-dealkylation sites (tertiary alicyclic amines) is 1. The molecule has 3 heteroatoms. The van der Waals surface area contributed by atoms with Crippen LogP contribution in [0.5, 0.6) is 0 Å². The summed E-state index contributed by atoms with van der Waals surface area (Å²) in [6, 6.07) is 0. The molecule has 1 fully saturated rings. The Morgan fingerprint density at radius 2 is 1.80 bits per heavy atom. The molecule has 88 valence electrons. The maximum atomic E-state index is 11.8. The van der Waals surface area contributed by atoms with Crippen LogP contribution in [0, 0.1) is 11.8 Å². The van der Waals surface area contributed by atoms with E-state index in [0.717, 1.165) is 38.9 Å². The van der Waals surface area contributed by atoms with E-state index in [4.69, 9.17) is 5.73 Å². The zero-order valence-electron chi connectivity index (χ0n) is 10.0. The van der Waals surface area contributed by atoms with Crippen molar-refractivity contribution in [2.24, 2.45) is 17.6 Å². The van der Waals surface area contributed by atoms with Crippen LogP contribution in [0.3, 0.4) is 0 Å². The van der Waals surface area contributed by atoms with Crippen LogP contribution < -0.4 is 5.73 Å². The highest BCUT2D eigenvalue weighted by atomic mass is 16.2. The standard InChI is InChI=1S/C12H24N2O/c1-10-8-14(9-11(10)2)12(15)6-4-3-5-7-13/h10-11H,3-9,13H2,1-2H3. The minimum atomic E-state index is 0.336. The van der Waals surface area contributed by atoms with E-state index in [2.05, 4.69) is 13.8 Å². The molecule has 3 nitrogen and oxygen atoms in total. The Morgan fingerprint density at radius 1 is 1.20 bits per heavy atom. The summed E-state index contributed by atoms with van der Waals surface area (Å²) < 4.78 is 0. The summed E-state index contributed by atoms with van der Waals surface area (Å²) in [5.74, 6) is 1.67. The molecule has 1 saturated heterocycles. The van der Waals surface area contributed by atoms with Gasteiger partial charge >= 0.3 is 0 Å². The summed E-state index contributed by atoms with van der Waals surface area (Å²) >= 11 is 0. The first-order chi connectivity index (χ1) is 7.15. The zero-order chi connectivity index (χ0) is 11.3. The molecule has 1 amide bonds. The third-order valence-corrected chi connectivity index (χ3v) is 3.44. The van der Waals surface area contributed by atoms with E-state index in [-0.39, 0.29) is 0 Å². The summed E-state index contributed by atoms with van der Waals surface area (Å²) in [6.07, 6.45) is 3.83. The molecule has 1 rings (SSSR count). The first-order valence-electron chi connectivity index (χ1n) is 6.13. The molecule has 15 heavy (non-hydrogen) atoms. The molecule has 2 atom stereocenters. The number of nitrogens with zero attached hydrogens (tertiary/aromatic N) is 1. The smallest absolute Gasteiger partial charge is 0.222 e. The van der Waals surface area contributed by atoms with E-state index in [1.807, 2.05) is 4.90 Å². The molecule has 0 bridgehead atoms. The molecule has 2 unspecified atom stereocenters. The molecule has 0 radical (unpaired) electrons. The van der Waals surface area contributed by atoms with Crippen molar-refractivity contribution in [1.29, 1.82) is 0 Å². The first kappa shape index (κ1) is 12.5. The summed E-state index contributed by atoms with van der Waals surface area (Å²) in [4.78, 5) is 13.8. The van der Waals surface area contributed by atoms with Crippen LogP contribution in [0.1, 0.15) is 39.5 Å². The maximum absolute atomic E-state index is 11.8. The normalized spacial score (nSPS) is 25.9. The second-order valence-electron chi connectivity index (χ2n) is 4.85. The van der Waals surface area contributed by atoms with Crippen molar-refractivity contribution in [3.63, 3.8) is 0 Å². The van der Waals surface area contributed by atoms with Crippen LogP contribution in [0.4, 0.5) is 0 Å². The zero-order valence-corrected chi connectivity index (χ0v) is 10.0. The fourth-order valence-corrected chi connectivity index (χ4v) is 2.09.